The Bertz CT molecular complexity index is 1280. The van der Waals surface area contributed by atoms with Gasteiger partial charge in [0.15, 0.2) is 0 Å². The van der Waals surface area contributed by atoms with Crippen LogP contribution in [0.5, 0.6) is 0 Å². The molecule has 4 heteroatoms. The van der Waals surface area contributed by atoms with E-state index in [1.165, 1.54) is 11.1 Å². The molecular weight excluding hydrogens is 368 g/mol. The minimum Gasteiger partial charge on any atom is -0.355 e. The summed E-state index contributed by atoms with van der Waals surface area (Å²) in [6, 6.07) is 10.6. The van der Waals surface area contributed by atoms with Crippen LogP contribution in [0.1, 0.15) is 53.3 Å². The number of hydrogen-bond acceptors (Lipinski definition) is 2. The Kier molecular flexibility index (Phi) is 4.47. The largest absolute Gasteiger partial charge is 0.355 e. The van der Waals surface area contributed by atoms with Gasteiger partial charge in [-0.15, -0.1) is 0 Å². The number of rotatable bonds is 3. The average molecular weight is 393 g/mol. The lowest BCUT2D eigenvalue weighted by atomic mass is 10.1. The highest BCUT2D eigenvalue weighted by molar-refractivity contribution is 5.88. The highest BCUT2D eigenvalue weighted by Crippen LogP contribution is 2.26. The maximum Gasteiger partial charge on any atom is 0.0659 e. The molecule has 148 valence electrons. The molecule has 0 unspecified atom stereocenters. The lowest BCUT2D eigenvalue weighted by Crippen LogP contribution is -1.85. The van der Waals surface area contributed by atoms with Gasteiger partial charge in [0.25, 0.3) is 0 Å². The minimum absolute atomic E-state index is 0.911. The summed E-state index contributed by atoms with van der Waals surface area (Å²) in [6.07, 6.45) is 11.9. The summed E-state index contributed by atoms with van der Waals surface area (Å²) in [5.74, 6) is 0. The average Bonchev–Trinajstić information content (AvgIpc) is 3.52. The van der Waals surface area contributed by atoms with E-state index in [0.29, 0.717) is 0 Å². The summed E-state index contributed by atoms with van der Waals surface area (Å²) < 4.78 is 0. The molecule has 0 fully saturated rings. The summed E-state index contributed by atoms with van der Waals surface area (Å²) in [7, 11) is 0. The molecule has 0 atom stereocenters. The van der Waals surface area contributed by atoms with E-state index in [1.807, 2.05) is 36.4 Å². The van der Waals surface area contributed by atoms with Crippen molar-refractivity contribution in [1.29, 1.82) is 0 Å². The second-order valence-corrected chi connectivity index (χ2v) is 7.60. The Labute approximate surface area is 175 Å². The van der Waals surface area contributed by atoms with Crippen LogP contribution >= 0.6 is 0 Å². The zero-order valence-corrected chi connectivity index (χ0v) is 17.3. The summed E-state index contributed by atoms with van der Waals surface area (Å²) in [5, 5.41) is 0. The molecule has 0 aliphatic carbocycles. The highest BCUT2D eigenvalue weighted by Gasteiger charge is 2.09. The van der Waals surface area contributed by atoms with E-state index in [4.69, 9.17) is 9.97 Å². The van der Waals surface area contributed by atoms with Crippen LogP contribution in [-0.2, 0) is 12.8 Å². The summed E-state index contributed by atoms with van der Waals surface area (Å²) in [5.41, 5.74) is 11.6. The zero-order valence-electron chi connectivity index (χ0n) is 17.3. The predicted octanol–water partition coefficient (Wildman–Crippen LogP) is 6.42. The van der Waals surface area contributed by atoms with Gasteiger partial charge < -0.3 is 9.97 Å². The number of H-pyrrole nitrogens is 2. The standard InChI is InChI=1S/C26H24N4/c1-4-16-11-22-14-20-9-7-18(27-20)13-19-8-10-21(28-19)15-23-12-17(5-2)26(30-23)24(6-3)25(16)29-22/h6-15,29-30H,3-5H2,1-2H3. The van der Waals surface area contributed by atoms with E-state index in [0.717, 1.165) is 63.2 Å². The molecule has 0 amide bonds. The molecule has 0 saturated carbocycles. The van der Waals surface area contributed by atoms with Crippen molar-refractivity contribution in [3.8, 4) is 0 Å². The number of aromatic amines is 2. The van der Waals surface area contributed by atoms with Crippen molar-refractivity contribution in [1.82, 2.24) is 19.9 Å². The molecule has 3 aromatic heterocycles. The fraction of sp³-hybridized carbons (Fsp3) is 0.154. The van der Waals surface area contributed by atoms with Crippen molar-refractivity contribution in [2.45, 2.75) is 26.7 Å². The van der Waals surface area contributed by atoms with Crippen LogP contribution in [0.3, 0.4) is 0 Å². The number of fused-ring (bicyclic) bond motifs is 8. The number of hydrogen-bond donors (Lipinski definition) is 2. The molecule has 2 aliphatic rings. The molecule has 3 aromatic rings. The third kappa shape index (κ3) is 3.20. The molecule has 2 N–H and O–H groups in total. The third-order valence-electron chi connectivity index (χ3n) is 5.61. The molecule has 4 nitrogen and oxygen atoms in total. The fourth-order valence-electron chi connectivity index (χ4n) is 4.14. The van der Waals surface area contributed by atoms with Crippen molar-refractivity contribution < 1.29 is 0 Å². The van der Waals surface area contributed by atoms with Gasteiger partial charge in [-0.1, -0.05) is 26.5 Å². The van der Waals surface area contributed by atoms with Gasteiger partial charge in [0, 0.05) is 16.6 Å². The van der Waals surface area contributed by atoms with Crippen molar-refractivity contribution in [3.63, 3.8) is 0 Å². The van der Waals surface area contributed by atoms with E-state index < -0.39 is 0 Å². The Balaban J connectivity index is 1.96. The molecule has 5 rings (SSSR count). The first-order valence-corrected chi connectivity index (χ1v) is 10.4. The van der Waals surface area contributed by atoms with Crippen molar-refractivity contribution >= 4 is 52.4 Å². The molecule has 0 saturated heterocycles. The maximum absolute atomic E-state index is 4.73. The second-order valence-electron chi connectivity index (χ2n) is 7.60. The quantitative estimate of drug-likeness (QED) is 0.372. The molecule has 2 aliphatic heterocycles. The first-order chi connectivity index (χ1) is 14.7. The van der Waals surface area contributed by atoms with Gasteiger partial charge in [-0.2, -0.15) is 0 Å². The molecule has 0 radical (unpaired) electrons. The van der Waals surface area contributed by atoms with Crippen molar-refractivity contribution in [2.75, 3.05) is 0 Å². The van der Waals surface area contributed by atoms with Crippen LogP contribution in [0.4, 0.5) is 0 Å². The smallest absolute Gasteiger partial charge is 0.0659 e. The van der Waals surface area contributed by atoms with E-state index in [1.54, 1.807) is 0 Å². The van der Waals surface area contributed by atoms with Crippen molar-refractivity contribution in [3.05, 3.63) is 76.4 Å². The van der Waals surface area contributed by atoms with Gasteiger partial charge in [0.05, 0.1) is 33.8 Å². The number of aryl methyl sites for hydroxylation is 2. The van der Waals surface area contributed by atoms with Gasteiger partial charge in [-0.05, 0) is 78.6 Å². The van der Waals surface area contributed by atoms with Crippen LogP contribution in [0.15, 0.2) is 36.9 Å². The van der Waals surface area contributed by atoms with E-state index >= 15 is 0 Å². The van der Waals surface area contributed by atoms with Crippen LogP contribution in [0.2, 0.25) is 0 Å². The van der Waals surface area contributed by atoms with Crippen LogP contribution in [0, 0.1) is 0 Å². The van der Waals surface area contributed by atoms with Crippen molar-refractivity contribution in [2.24, 2.45) is 0 Å². The number of nitrogens with zero attached hydrogens (tertiary/aromatic N) is 2. The first-order valence-electron chi connectivity index (χ1n) is 10.4. The maximum atomic E-state index is 4.73. The topological polar surface area (TPSA) is 57.4 Å². The number of nitrogens with one attached hydrogen (secondary N) is 2. The van der Waals surface area contributed by atoms with E-state index in [2.05, 4.69) is 54.7 Å². The second kappa shape index (κ2) is 7.30. The fourth-order valence-corrected chi connectivity index (χ4v) is 4.14. The summed E-state index contributed by atoms with van der Waals surface area (Å²) in [6.45, 7) is 8.49. The molecule has 30 heavy (non-hydrogen) atoms. The van der Waals surface area contributed by atoms with Gasteiger partial charge >= 0.3 is 0 Å². The summed E-state index contributed by atoms with van der Waals surface area (Å²) >= 11 is 0. The lowest BCUT2D eigenvalue weighted by Gasteiger charge is -2.00. The first kappa shape index (κ1) is 18.4. The lowest BCUT2D eigenvalue weighted by molar-refractivity contribution is 1.16. The minimum atomic E-state index is 0.911. The molecule has 0 spiro atoms. The molecule has 8 bridgehead atoms. The Morgan fingerprint density at radius 1 is 0.700 bits per heavy atom. The SMILES string of the molecule is C=Cc1c2[nH]c(cc3nc(cc4nc(cc5cc(CC)c1[nH]5)C=C4)C=C3)cc2CC. The molecule has 0 aromatic carbocycles. The van der Waals surface area contributed by atoms with Crippen LogP contribution < -0.4 is 0 Å². The predicted molar refractivity (Wildman–Crippen MR) is 128 cm³/mol. The van der Waals surface area contributed by atoms with Gasteiger partial charge in [-0.3, -0.25) is 0 Å². The summed E-state index contributed by atoms with van der Waals surface area (Å²) in [4.78, 5) is 16.7. The van der Waals surface area contributed by atoms with Gasteiger partial charge in [-0.25, -0.2) is 9.97 Å². The zero-order chi connectivity index (χ0) is 20.7. The van der Waals surface area contributed by atoms with E-state index in [9.17, 15) is 0 Å². The normalized spacial score (nSPS) is 12.5. The van der Waals surface area contributed by atoms with Gasteiger partial charge in [0.2, 0.25) is 0 Å². The van der Waals surface area contributed by atoms with Crippen LogP contribution in [-0.4, -0.2) is 19.9 Å². The molecular formula is C26H24N4. The highest BCUT2D eigenvalue weighted by atomic mass is 14.8. The Morgan fingerprint density at radius 3 is 1.53 bits per heavy atom. The van der Waals surface area contributed by atoms with Crippen LogP contribution in [0.25, 0.3) is 52.4 Å². The third-order valence-corrected chi connectivity index (χ3v) is 5.61. The molecule has 5 heterocycles. The Morgan fingerprint density at radius 2 is 1.13 bits per heavy atom. The monoisotopic (exact) mass is 392 g/mol. The van der Waals surface area contributed by atoms with E-state index in [-0.39, 0.29) is 0 Å². The van der Waals surface area contributed by atoms with Gasteiger partial charge in [0.1, 0.15) is 0 Å². The Hall–Kier alpha value is -3.66. The number of aromatic nitrogens is 4.